The SMILES string of the molecule is CN(CC(=O)Nc1cc(Cl)ccc1C#N)Cc1ccccc1N1CCCCC1. The zero-order valence-electron chi connectivity index (χ0n) is 16.1. The van der Waals surface area contributed by atoms with Gasteiger partial charge in [-0.05, 0) is 56.1 Å². The summed E-state index contributed by atoms with van der Waals surface area (Å²) in [4.78, 5) is 16.9. The Hall–Kier alpha value is -2.55. The maximum absolute atomic E-state index is 12.5. The van der Waals surface area contributed by atoms with Crippen LogP contribution in [0.1, 0.15) is 30.4 Å². The van der Waals surface area contributed by atoms with Crippen molar-refractivity contribution in [1.29, 1.82) is 5.26 Å². The fraction of sp³-hybridized carbons (Fsp3) is 0.364. The zero-order valence-corrected chi connectivity index (χ0v) is 16.9. The van der Waals surface area contributed by atoms with E-state index < -0.39 is 0 Å². The number of benzene rings is 2. The number of carbonyl (C=O) groups excluding carboxylic acids is 1. The summed E-state index contributed by atoms with van der Waals surface area (Å²) in [6, 6.07) is 15.3. The van der Waals surface area contributed by atoms with Gasteiger partial charge in [-0.3, -0.25) is 9.69 Å². The Morgan fingerprint density at radius 1 is 1.21 bits per heavy atom. The minimum absolute atomic E-state index is 0.170. The van der Waals surface area contributed by atoms with Crippen molar-refractivity contribution in [2.24, 2.45) is 0 Å². The van der Waals surface area contributed by atoms with Crippen LogP contribution in [0.15, 0.2) is 42.5 Å². The van der Waals surface area contributed by atoms with E-state index in [1.807, 2.05) is 18.0 Å². The third kappa shape index (κ3) is 5.25. The van der Waals surface area contributed by atoms with Crippen LogP contribution >= 0.6 is 11.6 Å². The van der Waals surface area contributed by atoms with Crippen molar-refractivity contribution in [1.82, 2.24) is 4.90 Å². The fourth-order valence-electron chi connectivity index (χ4n) is 3.59. The largest absolute Gasteiger partial charge is 0.371 e. The van der Waals surface area contributed by atoms with Crippen molar-refractivity contribution in [3.05, 3.63) is 58.6 Å². The molecule has 1 aliphatic heterocycles. The van der Waals surface area contributed by atoms with E-state index >= 15 is 0 Å². The molecule has 146 valence electrons. The molecule has 0 saturated carbocycles. The Kier molecular flexibility index (Phi) is 6.91. The summed E-state index contributed by atoms with van der Waals surface area (Å²) in [6.07, 6.45) is 3.76. The molecule has 3 rings (SSSR count). The van der Waals surface area contributed by atoms with E-state index in [1.54, 1.807) is 18.2 Å². The molecule has 1 heterocycles. The molecule has 2 aromatic carbocycles. The quantitative estimate of drug-likeness (QED) is 0.792. The monoisotopic (exact) mass is 396 g/mol. The molecule has 1 saturated heterocycles. The molecule has 0 radical (unpaired) electrons. The molecule has 5 nitrogen and oxygen atoms in total. The first kappa shape index (κ1) is 20.2. The fourth-order valence-corrected chi connectivity index (χ4v) is 3.76. The van der Waals surface area contributed by atoms with Crippen molar-refractivity contribution < 1.29 is 4.79 Å². The summed E-state index contributed by atoms with van der Waals surface area (Å²) in [5.41, 5.74) is 3.33. The number of likely N-dealkylation sites (N-methyl/N-ethyl adjacent to an activating group) is 1. The van der Waals surface area contributed by atoms with Gasteiger partial charge in [-0.1, -0.05) is 29.8 Å². The van der Waals surface area contributed by atoms with Gasteiger partial charge in [0.05, 0.1) is 17.8 Å². The summed E-state index contributed by atoms with van der Waals surface area (Å²) in [6.45, 7) is 3.09. The Morgan fingerprint density at radius 3 is 2.71 bits per heavy atom. The first-order valence-corrected chi connectivity index (χ1v) is 9.95. The lowest BCUT2D eigenvalue weighted by Crippen LogP contribution is -2.33. The van der Waals surface area contributed by atoms with Crippen LogP contribution in [0.5, 0.6) is 0 Å². The van der Waals surface area contributed by atoms with E-state index in [2.05, 4.69) is 34.5 Å². The van der Waals surface area contributed by atoms with Crippen molar-refractivity contribution in [3.8, 4) is 6.07 Å². The van der Waals surface area contributed by atoms with E-state index in [0.717, 1.165) is 13.1 Å². The number of nitrogens with one attached hydrogen (secondary N) is 1. The number of anilines is 2. The Bertz CT molecular complexity index is 871. The topological polar surface area (TPSA) is 59.4 Å². The number of hydrogen-bond donors (Lipinski definition) is 1. The molecule has 0 aliphatic carbocycles. The number of amides is 1. The van der Waals surface area contributed by atoms with Crippen molar-refractivity contribution >= 4 is 28.9 Å². The molecule has 1 fully saturated rings. The lowest BCUT2D eigenvalue weighted by Gasteiger charge is -2.31. The molecule has 0 unspecified atom stereocenters. The highest BCUT2D eigenvalue weighted by atomic mass is 35.5. The predicted molar refractivity (Wildman–Crippen MR) is 114 cm³/mol. The number of halogens is 1. The van der Waals surface area contributed by atoms with Gasteiger partial charge >= 0.3 is 0 Å². The minimum Gasteiger partial charge on any atom is -0.371 e. The smallest absolute Gasteiger partial charge is 0.238 e. The highest BCUT2D eigenvalue weighted by Gasteiger charge is 2.16. The average molecular weight is 397 g/mol. The second-order valence-corrected chi connectivity index (χ2v) is 7.64. The van der Waals surface area contributed by atoms with Crippen LogP contribution in [-0.2, 0) is 11.3 Å². The van der Waals surface area contributed by atoms with Gasteiger partial charge in [-0.25, -0.2) is 0 Å². The first-order chi connectivity index (χ1) is 13.6. The van der Waals surface area contributed by atoms with Gasteiger partial charge in [-0.15, -0.1) is 0 Å². The maximum atomic E-state index is 12.5. The van der Waals surface area contributed by atoms with E-state index in [9.17, 15) is 10.1 Å². The molecule has 0 bridgehead atoms. The molecule has 6 heteroatoms. The lowest BCUT2D eigenvalue weighted by atomic mass is 10.1. The summed E-state index contributed by atoms with van der Waals surface area (Å²) in [7, 11) is 1.93. The Labute approximate surface area is 171 Å². The molecule has 0 spiro atoms. The van der Waals surface area contributed by atoms with Crippen molar-refractivity contribution in [3.63, 3.8) is 0 Å². The number of para-hydroxylation sites is 1. The Morgan fingerprint density at radius 2 is 1.96 bits per heavy atom. The zero-order chi connectivity index (χ0) is 19.9. The first-order valence-electron chi connectivity index (χ1n) is 9.57. The minimum atomic E-state index is -0.170. The van der Waals surface area contributed by atoms with Gasteiger partial charge in [0.2, 0.25) is 5.91 Å². The summed E-state index contributed by atoms with van der Waals surface area (Å²) in [5, 5.41) is 12.5. The highest BCUT2D eigenvalue weighted by Crippen LogP contribution is 2.25. The van der Waals surface area contributed by atoms with Crippen molar-refractivity contribution in [2.75, 3.05) is 36.9 Å². The maximum Gasteiger partial charge on any atom is 0.238 e. The average Bonchev–Trinajstić information content (AvgIpc) is 2.69. The van der Waals surface area contributed by atoms with Gasteiger partial charge < -0.3 is 10.2 Å². The van der Waals surface area contributed by atoms with Crippen LogP contribution in [0.4, 0.5) is 11.4 Å². The molecule has 1 amide bonds. The number of piperidine rings is 1. The summed E-state index contributed by atoms with van der Waals surface area (Å²) < 4.78 is 0. The molecule has 0 atom stereocenters. The van der Waals surface area contributed by atoms with Crippen LogP contribution in [0.2, 0.25) is 5.02 Å². The second kappa shape index (κ2) is 9.59. The number of nitriles is 1. The predicted octanol–water partition coefficient (Wildman–Crippen LogP) is 4.27. The molecule has 2 aromatic rings. The molecule has 1 aliphatic rings. The standard InChI is InChI=1S/C22H25ClN4O/c1-26(16-22(28)25-20-13-19(23)10-9-17(20)14-24)15-18-7-3-4-8-21(18)27-11-5-2-6-12-27/h3-4,7-10,13H,2,5-6,11-12,15-16H2,1H3,(H,25,28). The summed E-state index contributed by atoms with van der Waals surface area (Å²) >= 11 is 5.99. The second-order valence-electron chi connectivity index (χ2n) is 7.20. The van der Waals surface area contributed by atoms with Gasteiger partial charge in [0, 0.05) is 30.3 Å². The number of hydrogen-bond acceptors (Lipinski definition) is 4. The molecule has 0 aromatic heterocycles. The molecule has 28 heavy (non-hydrogen) atoms. The van der Waals surface area contributed by atoms with Gasteiger partial charge in [0.1, 0.15) is 6.07 Å². The molecular formula is C22H25ClN4O. The van der Waals surface area contributed by atoms with Crippen molar-refractivity contribution in [2.45, 2.75) is 25.8 Å². The van der Waals surface area contributed by atoms with Gasteiger partial charge in [0.25, 0.3) is 0 Å². The van der Waals surface area contributed by atoms with E-state index in [4.69, 9.17) is 11.6 Å². The lowest BCUT2D eigenvalue weighted by molar-refractivity contribution is -0.117. The van der Waals surface area contributed by atoms with E-state index in [0.29, 0.717) is 22.8 Å². The third-order valence-electron chi connectivity index (χ3n) is 4.92. The van der Waals surface area contributed by atoms with E-state index in [1.165, 1.54) is 30.5 Å². The normalized spacial score (nSPS) is 14.0. The number of carbonyl (C=O) groups is 1. The third-order valence-corrected chi connectivity index (χ3v) is 5.15. The van der Waals surface area contributed by atoms with E-state index in [-0.39, 0.29) is 12.5 Å². The number of rotatable bonds is 6. The van der Waals surface area contributed by atoms with Gasteiger partial charge in [0.15, 0.2) is 0 Å². The molecule has 1 N–H and O–H groups in total. The van der Waals surface area contributed by atoms with Crippen LogP contribution in [0.3, 0.4) is 0 Å². The van der Waals surface area contributed by atoms with Crippen LogP contribution < -0.4 is 10.2 Å². The van der Waals surface area contributed by atoms with Crippen LogP contribution in [0.25, 0.3) is 0 Å². The van der Waals surface area contributed by atoms with Crippen LogP contribution in [-0.4, -0.2) is 37.5 Å². The summed E-state index contributed by atoms with van der Waals surface area (Å²) in [5.74, 6) is -0.170. The number of nitrogens with zero attached hydrogens (tertiary/aromatic N) is 3. The molecular weight excluding hydrogens is 372 g/mol. The highest BCUT2D eigenvalue weighted by molar-refractivity contribution is 6.31. The van der Waals surface area contributed by atoms with Gasteiger partial charge in [-0.2, -0.15) is 5.26 Å². The Balaban J connectivity index is 1.63. The van der Waals surface area contributed by atoms with Crippen LogP contribution in [0, 0.1) is 11.3 Å².